The van der Waals surface area contributed by atoms with Crippen LogP contribution < -0.4 is 0 Å². The maximum atomic E-state index is 15.1. The Labute approximate surface area is 153 Å². The Hall–Kier alpha value is -2.52. The Morgan fingerprint density at radius 1 is 0.769 bits per heavy atom. The fourth-order valence-electron chi connectivity index (χ4n) is 3.31. The summed E-state index contributed by atoms with van der Waals surface area (Å²) in [5.74, 6) is -2.33. The molecule has 0 nitrogen and oxygen atoms in total. The SMILES string of the molecule is CCc1ccc2c(ccc3c(F)c(-c4cc(F)c(Cl)c(F)c4)ccc32)c1. The molecule has 0 atom stereocenters. The molecule has 4 aromatic rings. The van der Waals surface area contributed by atoms with E-state index >= 15 is 4.39 Å². The van der Waals surface area contributed by atoms with E-state index in [2.05, 4.69) is 13.0 Å². The van der Waals surface area contributed by atoms with E-state index in [4.69, 9.17) is 11.6 Å². The number of hydrogen-bond acceptors (Lipinski definition) is 0. The first-order valence-corrected chi connectivity index (χ1v) is 8.66. The maximum absolute atomic E-state index is 15.1. The molecule has 0 fully saturated rings. The molecule has 0 N–H and O–H groups in total. The van der Waals surface area contributed by atoms with Crippen LogP contribution in [0, 0.1) is 17.5 Å². The van der Waals surface area contributed by atoms with Gasteiger partial charge in [-0.2, -0.15) is 0 Å². The average molecular weight is 371 g/mol. The van der Waals surface area contributed by atoms with E-state index < -0.39 is 22.5 Å². The fraction of sp³-hybridized carbons (Fsp3) is 0.0909. The van der Waals surface area contributed by atoms with Crippen molar-refractivity contribution in [3.05, 3.63) is 82.6 Å². The molecule has 130 valence electrons. The zero-order chi connectivity index (χ0) is 18.4. The number of rotatable bonds is 2. The normalized spacial score (nSPS) is 11.4. The molecule has 0 unspecified atom stereocenters. The number of hydrogen-bond donors (Lipinski definition) is 0. The highest BCUT2D eigenvalue weighted by molar-refractivity contribution is 6.31. The van der Waals surface area contributed by atoms with Gasteiger partial charge < -0.3 is 0 Å². The van der Waals surface area contributed by atoms with E-state index in [1.807, 2.05) is 18.2 Å². The molecule has 4 aromatic carbocycles. The summed E-state index contributed by atoms with van der Waals surface area (Å²) in [4.78, 5) is 0. The van der Waals surface area contributed by atoms with Crippen molar-refractivity contribution in [1.82, 2.24) is 0 Å². The second-order valence-electron chi connectivity index (χ2n) is 6.25. The summed E-state index contributed by atoms with van der Waals surface area (Å²) in [5.41, 5.74) is 1.46. The average Bonchev–Trinajstić information content (AvgIpc) is 2.65. The van der Waals surface area contributed by atoms with Crippen molar-refractivity contribution in [1.29, 1.82) is 0 Å². The molecule has 0 aromatic heterocycles. The standard InChI is InChI=1S/C22H14ClF3/c1-2-12-3-5-15-13(9-12)4-6-18-17(15)8-7-16(22(18)26)14-10-19(24)21(23)20(25)11-14/h3-11H,2H2,1H3. The highest BCUT2D eigenvalue weighted by Gasteiger charge is 2.15. The van der Waals surface area contributed by atoms with Crippen LogP contribution in [0.4, 0.5) is 13.2 Å². The number of benzene rings is 4. The van der Waals surface area contributed by atoms with Gasteiger partial charge in [0, 0.05) is 10.9 Å². The molecular weight excluding hydrogens is 357 g/mol. The van der Waals surface area contributed by atoms with E-state index in [9.17, 15) is 8.78 Å². The second kappa shape index (κ2) is 6.33. The predicted molar refractivity (Wildman–Crippen MR) is 101 cm³/mol. The summed E-state index contributed by atoms with van der Waals surface area (Å²) >= 11 is 5.52. The van der Waals surface area contributed by atoms with Crippen LogP contribution in [0.2, 0.25) is 5.02 Å². The number of fused-ring (bicyclic) bond motifs is 3. The summed E-state index contributed by atoms with van der Waals surface area (Å²) < 4.78 is 42.6. The molecule has 0 amide bonds. The lowest BCUT2D eigenvalue weighted by atomic mass is 9.95. The molecule has 0 spiro atoms. The van der Waals surface area contributed by atoms with Crippen molar-refractivity contribution < 1.29 is 13.2 Å². The van der Waals surface area contributed by atoms with Crippen LogP contribution in [0.5, 0.6) is 0 Å². The van der Waals surface area contributed by atoms with Gasteiger partial charge in [-0.3, -0.25) is 0 Å². The van der Waals surface area contributed by atoms with Crippen LogP contribution >= 0.6 is 11.6 Å². The van der Waals surface area contributed by atoms with E-state index in [1.54, 1.807) is 18.2 Å². The van der Waals surface area contributed by atoms with Crippen LogP contribution in [0.25, 0.3) is 32.7 Å². The van der Waals surface area contributed by atoms with Crippen LogP contribution in [0.1, 0.15) is 12.5 Å². The Balaban J connectivity index is 1.97. The largest absolute Gasteiger partial charge is 0.206 e. The summed E-state index contributed by atoms with van der Waals surface area (Å²) in [7, 11) is 0. The van der Waals surface area contributed by atoms with Crippen LogP contribution in [-0.2, 0) is 6.42 Å². The van der Waals surface area contributed by atoms with Gasteiger partial charge in [0.05, 0.1) is 0 Å². The molecule has 0 radical (unpaired) electrons. The van der Waals surface area contributed by atoms with Crippen LogP contribution in [0.3, 0.4) is 0 Å². The lowest BCUT2D eigenvalue weighted by Gasteiger charge is -2.11. The Morgan fingerprint density at radius 2 is 1.42 bits per heavy atom. The van der Waals surface area contributed by atoms with Crippen molar-refractivity contribution in [3.63, 3.8) is 0 Å². The quantitative estimate of drug-likeness (QED) is 0.256. The van der Waals surface area contributed by atoms with Crippen molar-refractivity contribution in [2.75, 3.05) is 0 Å². The summed E-state index contributed by atoms with van der Waals surface area (Å²) in [6, 6.07) is 15.1. The van der Waals surface area contributed by atoms with Crippen LogP contribution in [0.15, 0.2) is 54.6 Å². The molecule has 4 rings (SSSR count). The zero-order valence-electron chi connectivity index (χ0n) is 13.9. The third-order valence-electron chi connectivity index (χ3n) is 4.72. The Morgan fingerprint density at radius 3 is 2.12 bits per heavy atom. The first-order chi connectivity index (χ1) is 12.5. The minimum atomic E-state index is -0.910. The topological polar surface area (TPSA) is 0 Å². The van der Waals surface area contributed by atoms with Crippen LogP contribution in [-0.4, -0.2) is 0 Å². The fourth-order valence-corrected chi connectivity index (χ4v) is 3.42. The highest BCUT2D eigenvalue weighted by Crippen LogP contribution is 2.35. The van der Waals surface area contributed by atoms with E-state index in [0.717, 1.165) is 34.7 Å². The summed E-state index contributed by atoms with van der Waals surface area (Å²) in [6.07, 6.45) is 0.926. The summed E-state index contributed by atoms with van der Waals surface area (Å²) in [5, 5.41) is 2.56. The minimum absolute atomic E-state index is 0.116. The number of halogens is 4. The van der Waals surface area contributed by atoms with Gasteiger partial charge in [-0.25, -0.2) is 13.2 Å². The van der Waals surface area contributed by atoms with E-state index in [-0.39, 0.29) is 11.1 Å². The first-order valence-electron chi connectivity index (χ1n) is 8.28. The van der Waals surface area contributed by atoms with Gasteiger partial charge >= 0.3 is 0 Å². The van der Waals surface area contributed by atoms with E-state index in [0.29, 0.717) is 5.39 Å². The molecule has 26 heavy (non-hydrogen) atoms. The number of aryl methyl sites for hydroxylation is 1. The van der Waals surface area contributed by atoms with E-state index in [1.165, 1.54) is 5.56 Å². The molecule has 0 saturated carbocycles. The van der Waals surface area contributed by atoms with Gasteiger partial charge in [-0.1, -0.05) is 61.0 Å². The Bertz CT molecular complexity index is 1140. The molecule has 0 bridgehead atoms. The molecule has 0 aliphatic carbocycles. The molecule has 0 aliphatic rings. The molecule has 4 heteroatoms. The molecule has 0 saturated heterocycles. The first kappa shape index (κ1) is 16.9. The molecular formula is C22H14ClF3. The zero-order valence-corrected chi connectivity index (χ0v) is 14.7. The minimum Gasteiger partial charge on any atom is -0.206 e. The van der Waals surface area contributed by atoms with Crippen molar-refractivity contribution >= 4 is 33.1 Å². The molecule has 0 heterocycles. The van der Waals surface area contributed by atoms with Crippen molar-refractivity contribution in [2.24, 2.45) is 0 Å². The lowest BCUT2D eigenvalue weighted by Crippen LogP contribution is -1.92. The predicted octanol–water partition coefficient (Wildman–Crippen LogP) is 7.29. The highest BCUT2D eigenvalue weighted by atomic mass is 35.5. The lowest BCUT2D eigenvalue weighted by molar-refractivity contribution is 0.584. The third-order valence-corrected chi connectivity index (χ3v) is 5.08. The van der Waals surface area contributed by atoms with Crippen molar-refractivity contribution in [2.45, 2.75) is 13.3 Å². The van der Waals surface area contributed by atoms with Gasteiger partial charge in [-0.15, -0.1) is 0 Å². The van der Waals surface area contributed by atoms with Gasteiger partial charge in [0.2, 0.25) is 0 Å². The van der Waals surface area contributed by atoms with Gasteiger partial charge in [0.15, 0.2) is 0 Å². The van der Waals surface area contributed by atoms with Gasteiger partial charge in [-0.05, 0) is 45.8 Å². The second-order valence-corrected chi connectivity index (χ2v) is 6.63. The van der Waals surface area contributed by atoms with Gasteiger partial charge in [0.25, 0.3) is 0 Å². The smallest absolute Gasteiger partial charge is 0.145 e. The monoisotopic (exact) mass is 370 g/mol. The maximum Gasteiger partial charge on any atom is 0.145 e. The van der Waals surface area contributed by atoms with Crippen molar-refractivity contribution in [3.8, 4) is 11.1 Å². The van der Waals surface area contributed by atoms with Gasteiger partial charge in [0.1, 0.15) is 22.5 Å². The molecule has 0 aliphatic heterocycles. The Kier molecular flexibility index (Phi) is 4.12. The summed E-state index contributed by atoms with van der Waals surface area (Å²) in [6.45, 7) is 2.08. The third kappa shape index (κ3) is 2.63.